The quantitative estimate of drug-likeness (QED) is 0.805. The monoisotopic (exact) mass is 389 g/mol. The first-order chi connectivity index (χ1) is 11.4. The van der Waals surface area contributed by atoms with Crippen LogP contribution in [0.4, 0.5) is 8.78 Å². The number of rotatable bonds is 4. The molecule has 0 spiro atoms. The lowest BCUT2D eigenvalue weighted by atomic mass is 10.1. The minimum absolute atomic E-state index is 0.355. The lowest BCUT2D eigenvalue weighted by molar-refractivity contribution is 0.351. The minimum atomic E-state index is -4.51. The summed E-state index contributed by atoms with van der Waals surface area (Å²) in [5.74, 6) is -1.30. The van der Waals surface area contributed by atoms with Crippen LogP contribution in [0.3, 0.4) is 0 Å². The molecule has 0 fully saturated rings. The fourth-order valence-electron chi connectivity index (χ4n) is 2.25. The van der Waals surface area contributed by atoms with Crippen molar-refractivity contribution in [1.29, 1.82) is 0 Å². The van der Waals surface area contributed by atoms with E-state index in [1.54, 1.807) is 0 Å². The third-order valence-electron chi connectivity index (χ3n) is 3.21. The summed E-state index contributed by atoms with van der Waals surface area (Å²) in [6, 6.07) is 7.67. The number of halogens is 2. The summed E-state index contributed by atoms with van der Waals surface area (Å²) < 4.78 is 78.2. The Balaban J connectivity index is 2.68. The highest BCUT2D eigenvalue weighted by Crippen LogP contribution is 2.31. The van der Waals surface area contributed by atoms with Crippen molar-refractivity contribution in [1.82, 2.24) is 3.71 Å². The smallest absolute Gasteiger partial charge is 0.207 e. The zero-order valence-electron chi connectivity index (χ0n) is 13.8. The van der Waals surface area contributed by atoms with E-state index < -0.39 is 37.2 Å². The SMILES string of the molecule is CC(C)(C)N(S(=O)(=O)c1ccc(F)cc1)S(=O)(=O)c1ccc(F)cc1. The molecule has 2 aromatic carbocycles. The third kappa shape index (κ3) is 3.88. The molecule has 2 rings (SSSR count). The van der Waals surface area contributed by atoms with Gasteiger partial charge in [-0.3, -0.25) is 0 Å². The first kappa shape index (κ1) is 19.5. The van der Waals surface area contributed by atoms with Crippen molar-refractivity contribution >= 4 is 20.0 Å². The molecule has 136 valence electrons. The van der Waals surface area contributed by atoms with Crippen LogP contribution in [0, 0.1) is 11.6 Å². The molecular weight excluding hydrogens is 372 g/mol. The highest BCUT2D eigenvalue weighted by molar-refractivity contribution is 8.04. The number of benzene rings is 2. The molecule has 25 heavy (non-hydrogen) atoms. The van der Waals surface area contributed by atoms with Crippen molar-refractivity contribution in [3.63, 3.8) is 0 Å². The molecular formula is C16H17F2NO4S2. The van der Waals surface area contributed by atoms with Crippen molar-refractivity contribution in [2.45, 2.75) is 36.1 Å². The molecule has 0 heterocycles. The summed E-state index contributed by atoms with van der Waals surface area (Å²) in [5.41, 5.74) is -1.35. The van der Waals surface area contributed by atoms with Gasteiger partial charge in [0.15, 0.2) is 0 Å². The molecule has 0 aliphatic carbocycles. The van der Waals surface area contributed by atoms with Crippen molar-refractivity contribution < 1.29 is 25.6 Å². The largest absolute Gasteiger partial charge is 0.256 e. The van der Waals surface area contributed by atoms with E-state index in [1.807, 2.05) is 0 Å². The van der Waals surface area contributed by atoms with E-state index in [2.05, 4.69) is 0 Å². The van der Waals surface area contributed by atoms with Crippen LogP contribution in [-0.2, 0) is 20.0 Å². The molecule has 0 atom stereocenters. The van der Waals surface area contributed by atoms with E-state index in [0.717, 1.165) is 48.5 Å². The first-order valence-corrected chi connectivity index (χ1v) is 10.1. The summed E-state index contributed by atoms with van der Waals surface area (Å²) in [5, 5.41) is 0. The Morgan fingerprint density at radius 3 is 1.20 bits per heavy atom. The molecule has 0 bridgehead atoms. The Bertz CT molecular complexity index is 887. The van der Waals surface area contributed by atoms with Gasteiger partial charge >= 0.3 is 0 Å². The molecule has 0 aliphatic rings. The van der Waals surface area contributed by atoms with Crippen LogP contribution in [0.15, 0.2) is 58.3 Å². The Morgan fingerprint density at radius 2 is 0.960 bits per heavy atom. The van der Waals surface area contributed by atoms with E-state index in [0.29, 0.717) is 3.71 Å². The molecule has 5 nitrogen and oxygen atoms in total. The van der Waals surface area contributed by atoms with Gasteiger partial charge in [0.2, 0.25) is 0 Å². The normalized spacial score (nSPS) is 13.2. The molecule has 0 aromatic heterocycles. The van der Waals surface area contributed by atoms with Crippen LogP contribution >= 0.6 is 0 Å². The van der Waals surface area contributed by atoms with Crippen molar-refractivity contribution in [3.8, 4) is 0 Å². The van der Waals surface area contributed by atoms with Gasteiger partial charge in [-0.1, -0.05) is 3.71 Å². The third-order valence-corrected chi connectivity index (χ3v) is 8.09. The van der Waals surface area contributed by atoms with E-state index in [9.17, 15) is 25.6 Å². The number of hydrogen-bond acceptors (Lipinski definition) is 4. The molecule has 2 aromatic rings. The maximum Gasteiger partial charge on any atom is 0.256 e. The van der Waals surface area contributed by atoms with Crippen molar-refractivity contribution in [2.24, 2.45) is 0 Å². The van der Waals surface area contributed by atoms with Gasteiger partial charge < -0.3 is 0 Å². The van der Waals surface area contributed by atoms with Gasteiger partial charge in [0, 0.05) is 5.54 Å². The molecule has 0 amide bonds. The molecule has 0 radical (unpaired) electrons. The number of nitrogens with zero attached hydrogens (tertiary/aromatic N) is 1. The molecule has 0 N–H and O–H groups in total. The average Bonchev–Trinajstić information content (AvgIpc) is 2.45. The summed E-state index contributed by atoms with van der Waals surface area (Å²) in [6.45, 7) is 4.24. The summed E-state index contributed by atoms with van der Waals surface area (Å²) >= 11 is 0. The predicted octanol–water partition coefficient (Wildman–Crippen LogP) is 3.14. The Morgan fingerprint density at radius 1 is 0.680 bits per heavy atom. The maximum absolute atomic E-state index is 13.1. The maximum atomic E-state index is 13.1. The van der Waals surface area contributed by atoms with Crippen molar-refractivity contribution in [3.05, 3.63) is 60.2 Å². The molecule has 0 aliphatic heterocycles. The van der Waals surface area contributed by atoms with Gasteiger partial charge in [-0.15, -0.1) is 0 Å². The summed E-state index contributed by atoms with van der Waals surface area (Å²) in [6.07, 6.45) is 0. The zero-order chi connectivity index (χ0) is 19.0. The zero-order valence-corrected chi connectivity index (χ0v) is 15.4. The number of sulfonamides is 2. The molecule has 0 saturated heterocycles. The second kappa shape index (κ2) is 6.47. The van der Waals surface area contributed by atoms with Crippen molar-refractivity contribution in [2.75, 3.05) is 0 Å². The average molecular weight is 389 g/mol. The molecule has 9 heteroatoms. The van der Waals surface area contributed by atoms with E-state index in [-0.39, 0.29) is 9.79 Å². The minimum Gasteiger partial charge on any atom is -0.207 e. The topological polar surface area (TPSA) is 71.5 Å². The van der Waals surface area contributed by atoms with Crippen LogP contribution in [0.5, 0.6) is 0 Å². The van der Waals surface area contributed by atoms with Gasteiger partial charge in [0.1, 0.15) is 11.6 Å². The summed E-state index contributed by atoms with van der Waals surface area (Å²) in [7, 11) is -9.01. The van der Waals surface area contributed by atoms with Gasteiger partial charge in [0.25, 0.3) is 20.0 Å². The highest BCUT2D eigenvalue weighted by Gasteiger charge is 2.44. The van der Waals surface area contributed by atoms with E-state index in [4.69, 9.17) is 0 Å². The van der Waals surface area contributed by atoms with E-state index >= 15 is 0 Å². The van der Waals surface area contributed by atoms with Crippen LogP contribution in [0.1, 0.15) is 20.8 Å². The Labute approximate surface area is 146 Å². The van der Waals surface area contributed by atoms with Gasteiger partial charge in [-0.05, 0) is 69.3 Å². The first-order valence-electron chi connectivity index (χ1n) is 7.18. The van der Waals surface area contributed by atoms with Crippen LogP contribution in [0.25, 0.3) is 0 Å². The second-order valence-electron chi connectivity index (χ2n) is 6.29. The fraction of sp³-hybridized carbons (Fsp3) is 0.250. The Hall–Kier alpha value is -1.84. The van der Waals surface area contributed by atoms with Crippen LogP contribution in [0.2, 0.25) is 0 Å². The standard InChI is InChI=1S/C16H17F2NO4S2/c1-16(2,3)19(24(20,21)14-8-4-12(17)5-9-14)25(22,23)15-10-6-13(18)7-11-15/h4-11H,1-3H3. The fourth-order valence-corrected chi connectivity index (χ4v) is 6.59. The lowest BCUT2D eigenvalue weighted by Gasteiger charge is -2.33. The molecule has 0 unspecified atom stereocenters. The van der Waals surface area contributed by atoms with E-state index in [1.165, 1.54) is 20.8 Å². The van der Waals surface area contributed by atoms with Crippen LogP contribution < -0.4 is 0 Å². The predicted molar refractivity (Wildman–Crippen MR) is 88.8 cm³/mol. The van der Waals surface area contributed by atoms with Gasteiger partial charge in [-0.25, -0.2) is 25.6 Å². The Kier molecular flexibility index (Phi) is 5.04. The highest BCUT2D eigenvalue weighted by atomic mass is 32.3. The second-order valence-corrected chi connectivity index (χ2v) is 10.1. The number of hydrogen-bond donors (Lipinski definition) is 0. The molecule has 0 saturated carbocycles. The lowest BCUT2D eigenvalue weighted by Crippen LogP contribution is -2.49. The van der Waals surface area contributed by atoms with Gasteiger partial charge in [-0.2, -0.15) is 0 Å². The van der Waals surface area contributed by atoms with Crippen LogP contribution in [-0.4, -0.2) is 26.1 Å². The van der Waals surface area contributed by atoms with Gasteiger partial charge in [0.05, 0.1) is 9.79 Å². The summed E-state index contributed by atoms with van der Waals surface area (Å²) in [4.78, 5) is -0.732.